The van der Waals surface area contributed by atoms with Crippen molar-refractivity contribution < 1.29 is 8.85 Å². The Labute approximate surface area is 65.6 Å². The van der Waals surface area contributed by atoms with E-state index < -0.39 is 8.56 Å². The fraction of sp³-hybridized carbons (Fsp3) is 1.00. The van der Waals surface area contributed by atoms with Crippen molar-refractivity contribution in [3.8, 4) is 0 Å². The summed E-state index contributed by atoms with van der Waals surface area (Å²) in [4.78, 5) is 0. The van der Waals surface area contributed by atoms with Crippen LogP contribution >= 0.6 is 0 Å². The third kappa shape index (κ3) is 3.39. The van der Waals surface area contributed by atoms with Crippen molar-refractivity contribution in [2.75, 3.05) is 14.2 Å². The van der Waals surface area contributed by atoms with Gasteiger partial charge in [-0.1, -0.05) is 12.7 Å². The maximum absolute atomic E-state index is 5.36. The molecule has 0 aromatic carbocycles. The first kappa shape index (κ1) is 10.2. The molecule has 0 heterocycles. The van der Waals surface area contributed by atoms with Crippen LogP contribution in [0.2, 0.25) is 18.9 Å². The van der Waals surface area contributed by atoms with Gasteiger partial charge >= 0.3 is 8.56 Å². The second-order valence-electron chi connectivity index (χ2n) is 2.43. The minimum atomic E-state index is -1.80. The molecule has 0 rings (SSSR count). The Morgan fingerprint density at radius 2 is 1.80 bits per heavy atom. The Balaban J connectivity index is 3.58. The van der Waals surface area contributed by atoms with Gasteiger partial charge in [-0.25, -0.2) is 0 Å². The predicted octanol–water partition coefficient (Wildman–Crippen LogP) is 1.33. The van der Waals surface area contributed by atoms with E-state index in [0.29, 0.717) is 0 Å². The van der Waals surface area contributed by atoms with Crippen molar-refractivity contribution in [3.63, 3.8) is 0 Å². The Kier molecular flexibility index (Phi) is 5.03. The smallest absolute Gasteiger partial charge is 0.334 e. The highest BCUT2D eigenvalue weighted by molar-refractivity contribution is 6.65. The predicted molar refractivity (Wildman–Crippen MR) is 45.6 cm³/mol. The summed E-state index contributed by atoms with van der Waals surface area (Å²) in [6.45, 7) is 2.04. The topological polar surface area (TPSA) is 18.5 Å². The molecule has 0 aromatic heterocycles. The second kappa shape index (κ2) is 4.93. The van der Waals surface area contributed by atoms with Crippen molar-refractivity contribution in [2.24, 2.45) is 0 Å². The van der Waals surface area contributed by atoms with Gasteiger partial charge in [0.05, 0.1) is 7.85 Å². The molecular formula is C6H15BO2Si. The van der Waals surface area contributed by atoms with Crippen LogP contribution in [0.3, 0.4) is 0 Å². The molecular weight excluding hydrogens is 143 g/mol. The first-order valence-corrected chi connectivity index (χ1v) is 6.01. The van der Waals surface area contributed by atoms with Crippen LogP contribution in [0.15, 0.2) is 0 Å². The van der Waals surface area contributed by atoms with Gasteiger partial charge in [0.25, 0.3) is 0 Å². The lowest BCUT2D eigenvalue weighted by Gasteiger charge is -2.22. The number of rotatable bonds is 5. The molecule has 0 aliphatic rings. The zero-order chi connectivity index (χ0) is 8.04. The molecule has 0 N–H and O–H groups in total. The lowest BCUT2D eigenvalue weighted by Crippen LogP contribution is -2.35. The van der Waals surface area contributed by atoms with E-state index in [1.807, 2.05) is 6.55 Å². The Morgan fingerprint density at radius 3 is 2.10 bits per heavy atom. The van der Waals surface area contributed by atoms with Crippen LogP contribution in [0.5, 0.6) is 0 Å². The van der Waals surface area contributed by atoms with Crippen molar-refractivity contribution in [1.29, 1.82) is 0 Å². The lowest BCUT2D eigenvalue weighted by molar-refractivity contribution is 0.249. The van der Waals surface area contributed by atoms with Crippen LogP contribution in [-0.2, 0) is 8.85 Å². The molecule has 0 fully saturated rings. The lowest BCUT2D eigenvalue weighted by atomic mass is 10.0. The van der Waals surface area contributed by atoms with Gasteiger partial charge in [0.1, 0.15) is 0 Å². The van der Waals surface area contributed by atoms with Crippen LogP contribution in [0.4, 0.5) is 0 Å². The molecule has 0 aromatic rings. The molecule has 10 heavy (non-hydrogen) atoms. The number of hydrogen-bond donors (Lipinski definition) is 0. The Morgan fingerprint density at radius 1 is 1.30 bits per heavy atom. The molecule has 4 heteroatoms. The zero-order valence-corrected chi connectivity index (χ0v) is 8.02. The molecule has 0 atom stereocenters. The van der Waals surface area contributed by atoms with Crippen molar-refractivity contribution in [2.45, 2.75) is 25.3 Å². The van der Waals surface area contributed by atoms with Gasteiger partial charge in [-0.3, -0.25) is 0 Å². The molecule has 2 nitrogen and oxygen atoms in total. The molecule has 0 aliphatic carbocycles. The van der Waals surface area contributed by atoms with E-state index in [9.17, 15) is 0 Å². The van der Waals surface area contributed by atoms with E-state index in [0.717, 1.165) is 18.8 Å². The summed E-state index contributed by atoms with van der Waals surface area (Å²) in [6, 6.07) is 0.983. The molecule has 0 saturated heterocycles. The highest BCUT2D eigenvalue weighted by Crippen LogP contribution is 2.14. The Bertz CT molecular complexity index is 85.8. The minimum absolute atomic E-state index is 0.718. The Hall–Kier alpha value is 0.202. The highest BCUT2D eigenvalue weighted by atomic mass is 28.4. The average molecular weight is 158 g/mol. The molecule has 0 amide bonds. The maximum Gasteiger partial charge on any atom is 0.334 e. The molecule has 58 valence electrons. The maximum atomic E-state index is 5.36. The standard InChI is InChI=1S/C6H15BO2Si/c1-8-10(3,9-2)6-4-5-7/h4-6H2,1-3H3. The van der Waals surface area contributed by atoms with E-state index in [1.54, 1.807) is 14.2 Å². The summed E-state index contributed by atoms with van der Waals surface area (Å²) in [5.74, 6) is 0. The summed E-state index contributed by atoms with van der Waals surface area (Å²) < 4.78 is 10.5. The third-order valence-electron chi connectivity index (χ3n) is 1.70. The van der Waals surface area contributed by atoms with E-state index in [4.69, 9.17) is 16.7 Å². The van der Waals surface area contributed by atoms with Crippen LogP contribution < -0.4 is 0 Å². The van der Waals surface area contributed by atoms with E-state index in [-0.39, 0.29) is 0 Å². The normalized spacial score (nSPS) is 11.9. The summed E-state index contributed by atoms with van der Waals surface area (Å²) in [5, 5.41) is 0. The molecule has 0 unspecified atom stereocenters. The van der Waals surface area contributed by atoms with Gasteiger partial charge in [0, 0.05) is 14.2 Å². The largest absolute Gasteiger partial charge is 0.398 e. The van der Waals surface area contributed by atoms with Crippen molar-refractivity contribution in [3.05, 3.63) is 0 Å². The van der Waals surface area contributed by atoms with Crippen LogP contribution in [0.25, 0.3) is 0 Å². The molecule has 2 radical (unpaired) electrons. The fourth-order valence-electron chi connectivity index (χ4n) is 0.711. The zero-order valence-electron chi connectivity index (χ0n) is 7.02. The van der Waals surface area contributed by atoms with Gasteiger partial charge in [0.15, 0.2) is 0 Å². The average Bonchev–Trinajstić information content (AvgIpc) is 2.00. The third-order valence-corrected chi connectivity index (χ3v) is 4.69. The first-order valence-electron chi connectivity index (χ1n) is 3.49. The van der Waals surface area contributed by atoms with Gasteiger partial charge in [-0.15, -0.1) is 0 Å². The monoisotopic (exact) mass is 158 g/mol. The van der Waals surface area contributed by atoms with Gasteiger partial charge < -0.3 is 8.85 Å². The van der Waals surface area contributed by atoms with Crippen molar-refractivity contribution in [1.82, 2.24) is 0 Å². The van der Waals surface area contributed by atoms with E-state index in [1.165, 1.54) is 0 Å². The summed E-state index contributed by atoms with van der Waals surface area (Å²) in [6.07, 6.45) is 1.71. The molecule has 0 spiro atoms. The summed E-state index contributed by atoms with van der Waals surface area (Å²) >= 11 is 0. The summed E-state index contributed by atoms with van der Waals surface area (Å²) in [5.41, 5.74) is 0. The van der Waals surface area contributed by atoms with Crippen molar-refractivity contribution >= 4 is 16.4 Å². The van der Waals surface area contributed by atoms with Gasteiger partial charge in [0.2, 0.25) is 0 Å². The second-order valence-corrected chi connectivity index (χ2v) is 6.02. The molecule has 0 aliphatic heterocycles. The quantitative estimate of drug-likeness (QED) is 0.562. The van der Waals surface area contributed by atoms with E-state index >= 15 is 0 Å². The van der Waals surface area contributed by atoms with Crippen LogP contribution in [-0.4, -0.2) is 30.6 Å². The molecule has 0 bridgehead atoms. The minimum Gasteiger partial charge on any atom is -0.398 e. The van der Waals surface area contributed by atoms with Gasteiger partial charge in [-0.05, 0) is 12.6 Å². The van der Waals surface area contributed by atoms with Gasteiger partial charge in [-0.2, -0.15) is 0 Å². The van der Waals surface area contributed by atoms with E-state index in [2.05, 4.69) is 0 Å². The van der Waals surface area contributed by atoms with Crippen LogP contribution in [0.1, 0.15) is 6.42 Å². The summed E-state index contributed by atoms with van der Waals surface area (Å²) in [7, 11) is 6.96. The first-order chi connectivity index (χ1) is 4.68. The number of hydrogen-bond acceptors (Lipinski definition) is 2. The fourth-order valence-corrected chi connectivity index (χ4v) is 2.13. The van der Waals surface area contributed by atoms with Crippen LogP contribution in [0, 0.1) is 0 Å². The SMILES string of the molecule is [B]CCC[Si](C)(OC)OC. The molecule has 0 saturated carbocycles. The highest BCUT2D eigenvalue weighted by Gasteiger charge is 2.26.